The Kier molecular flexibility index (Phi) is 12.5. The summed E-state index contributed by atoms with van der Waals surface area (Å²) in [6.07, 6.45) is -5.62. The first-order valence-corrected chi connectivity index (χ1v) is 16.1. The van der Waals surface area contributed by atoms with E-state index in [0.717, 1.165) is 16.7 Å². The van der Waals surface area contributed by atoms with Crippen molar-refractivity contribution >= 4 is 39.1 Å². The lowest BCUT2D eigenvalue weighted by atomic mass is 9.12. The van der Waals surface area contributed by atoms with Gasteiger partial charge in [0.15, 0.2) is 76.4 Å². The molecule has 6 rings (SSSR count). The van der Waals surface area contributed by atoms with Gasteiger partial charge >= 0.3 is 6.39 Å². The number of nitriles is 2. The topological polar surface area (TPSA) is 64.6 Å². The molecule has 0 spiro atoms. The van der Waals surface area contributed by atoms with E-state index in [1.54, 1.807) is 13.3 Å². The van der Waals surface area contributed by atoms with Crippen LogP contribution >= 0.6 is 0 Å². The molecule has 0 aliphatic rings. The van der Waals surface area contributed by atoms with Gasteiger partial charge in [0.05, 0.1) is 0 Å². The van der Waals surface area contributed by atoms with Gasteiger partial charge in [0.1, 0.15) is 70.4 Å². The normalized spacial score (nSPS) is 11.3. The number of fused-ring (bicyclic) bond motifs is 1. The molecule has 1 heterocycles. The van der Waals surface area contributed by atoms with Crippen LogP contribution in [-0.2, 0) is 6.54 Å². The standard InChI is InChI=1S/C24BF20.C13H10N3O/c26-5-1(6(27)14(35)21(42)13(5)34)25(2-7(28)15(36)22(43)16(37)8(2)29,3-9(30)17(38)23(44)18(39)10(3)31)4-11(32)19(40)24(45)20(41)12(4)33;1-10(11(6-14)7-15)8-16-9-17-13-5-3-2-4-12(13)16/h;2-5,9H,8H2,1H3/q-1;+1. The third-order valence-corrected chi connectivity index (χ3v) is 9.25. The Morgan fingerprint density at radius 3 is 0.984 bits per heavy atom. The highest BCUT2D eigenvalue weighted by atomic mass is 19.2. The Morgan fingerprint density at radius 2 is 0.710 bits per heavy atom. The molecule has 4 nitrogen and oxygen atoms in total. The Labute approximate surface area is 330 Å². The van der Waals surface area contributed by atoms with Gasteiger partial charge in [-0.3, -0.25) is 0 Å². The van der Waals surface area contributed by atoms with E-state index in [1.807, 2.05) is 41.0 Å². The van der Waals surface area contributed by atoms with Crippen LogP contribution in [0, 0.1) is 139 Å². The van der Waals surface area contributed by atoms with Gasteiger partial charge < -0.3 is 4.42 Å². The number of hydrogen-bond acceptors (Lipinski definition) is 3. The molecule has 322 valence electrons. The van der Waals surface area contributed by atoms with Gasteiger partial charge in [0, 0.05) is 11.6 Å². The van der Waals surface area contributed by atoms with Crippen LogP contribution in [0.3, 0.4) is 0 Å². The van der Waals surface area contributed by atoms with Crippen LogP contribution in [-0.4, -0.2) is 6.15 Å². The molecule has 0 saturated carbocycles. The van der Waals surface area contributed by atoms with Gasteiger partial charge in [-0.05, 0) is 13.0 Å². The van der Waals surface area contributed by atoms with Crippen LogP contribution in [0.1, 0.15) is 6.92 Å². The summed E-state index contributed by atoms with van der Waals surface area (Å²) >= 11 is 0. The molecule has 0 fully saturated rings. The first-order chi connectivity index (χ1) is 29.0. The fourth-order valence-corrected chi connectivity index (χ4v) is 6.52. The first kappa shape index (κ1) is 46.0. The molecule has 6 aromatic rings. The van der Waals surface area contributed by atoms with Crippen molar-refractivity contribution in [2.45, 2.75) is 13.5 Å². The second-order valence-corrected chi connectivity index (χ2v) is 12.5. The minimum Gasteiger partial charge on any atom is -0.404 e. The lowest BCUT2D eigenvalue weighted by Crippen LogP contribution is -2.81. The third-order valence-electron chi connectivity index (χ3n) is 9.25. The molecule has 5 aromatic carbocycles. The highest BCUT2D eigenvalue weighted by Crippen LogP contribution is 2.31. The summed E-state index contributed by atoms with van der Waals surface area (Å²) in [6, 6.07) is 11.4. The van der Waals surface area contributed by atoms with Gasteiger partial charge in [0.25, 0.3) is 5.52 Å². The van der Waals surface area contributed by atoms with Crippen molar-refractivity contribution in [3.63, 3.8) is 0 Å². The third kappa shape index (κ3) is 6.80. The van der Waals surface area contributed by atoms with Gasteiger partial charge in [-0.1, -0.05) is 12.1 Å². The van der Waals surface area contributed by atoms with Crippen molar-refractivity contribution in [2.24, 2.45) is 0 Å². The van der Waals surface area contributed by atoms with Crippen molar-refractivity contribution < 1.29 is 96.8 Å². The summed E-state index contributed by atoms with van der Waals surface area (Å²) in [5.74, 6) is -71.4. The zero-order valence-electron chi connectivity index (χ0n) is 29.5. The molecule has 0 amide bonds. The largest absolute Gasteiger partial charge is 0.404 e. The molecule has 0 radical (unpaired) electrons. The predicted molar refractivity (Wildman–Crippen MR) is 170 cm³/mol. The fraction of sp³-hybridized carbons (Fsp3) is 0.0541. The average Bonchev–Trinajstić information content (AvgIpc) is 3.66. The molecule has 0 aliphatic heterocycles. The molecule has 0 aliphatic carbocycles. The molecular formula is C37H10BF20N3O. The number of para-hydroxylation sites is 2. The number of hydrogen-bond donors (Lipinski definition) is 0. The number of rotatable bonds is 6. The summed E-state index contributed by atoms with van der Waals surface area (Å²) in [5, 5.41) is 17.6. The van der Waals surface area contributed by atoms with Crippen molar-refractivity contribution in [1.82, 2.24) is 0 Å². The molecule has 0 bridgehead atoms. The van der Waals surface area contributed by atoms with Crippen LogP contribution in [0.4, 0.5) is 87.8 Å². The minimum absolute atomic E-state index is 0.155. The summed E-state index contributed by atoms with van der Waals surface area (Å²) in [6.45, 7) is 2.25. The van der Waals surface area contributed by atoms with Crippen molar-refractivity contribution in [3.05, 3.63) is 158 Å². The quantitative estimate of drug-likeness (QED) is 0.0427. The van der Waals surface area contributed by atoms with Gasteiger partial charge in [-0.2, -0.15) is 15.1 Å². The molecule has 62 heavy (non-hydrogen) atoms. The van der Waals surface area contributed by atoms with Crippen LogP contribution in [0.25, 0.3) is 11.1 Å². The van der Waals surface area contributed by atoms with E-state index >= 15 is 35.1 Å². The first-order valence-electron chi connectivity index (χ1n) is 16.1. The van der Waals surface area contributed by atoms with Crippen LogP contribution in [0.15, 0.2) is 46.2 Å². The number of benzene rings is 5. The number of oxazole rings is 1. The summed E-state index contributed by atoms with van der Waals surface area (Å²) in [7, 11) is 0. The smallest absolute Gasteiger partial charge is 0.335 e. The highest BCUT2D eigenvalue weighted by Gasteiger charge is 2.52. The van der Waals surface area contributed by atoms with E-state index in [2.05, 4.69) is 0 Å². The van der Waals surface area contributed by atoms with E-state index in [9.17, 15) is 52.7 Å². The molecule has 0 saturated heterocycles. The SMILES string of the molecule is CC(C[n+]1coc2ccccc21)=C(C#N)C#N.Fc1c(F)c(F)c([B-](c2c(F)c(F)c(F)c(F)c2F)(c2c(F)c(F)c(F)c(F)c2F)c2c(F)c(F)c(F)c(F)c2F)c(F)c1F. The average molecular weight is 903 g/mol. The number of allylic oxidation sites excluding steroid dienone is 2. The van der Waals surface area contributed by atoms with E-state index < -0.39 is 144 Å². The van der Waals surface area contributed by atoms with E-state index in [-0.39, 0.29) is 5.57 Å². The van der Waals surface area contributed by atoms with Crippen molar-refractivity contribution in [2.75, 3.05) is 0 Å². The maximum Gasteiger partial charge on any atom is 0.335 e. The lowest BCUT2D eigenvalue weighted by Gasteiger charge is -2.44. The van der Waals surface area contributed by atoms with Crippen molar-refractivity contribution in [1.29, 1.82) is 10.5 Å². The molecule has 0 N–H and O–H groups in total. The summed E-state index contributed by atoms with van der Waals surface area (Å²) < 4.78 is 301. The van der Waals surface area contributed by atoms with Gasteiger partial charge in [0.2, 0.25) is 5.58 Å². The van der Waals surface area contributed by atoms with Crippen LogP contribution < -0.4 is 26.4 Å². The summed E-state index contributed by atoms with van der Waals surface area (Å²) in [5.41, 5.74) is -11.7. The Balaban J connectivity index is 0.000000355. The van der Waals surface area contributed by atoms with E-state index in [0.29, 0.717) is 6.54 Å². The number of halogens is 20. The van der Waals surface area contributed by atoms with Crippen molar-refractivity contribution in [3.8, 4) is 12.1 Å². The Hall–Kier alpha value is -7.05. The maximum atomic E-state index is 15.4. The summed E-state index contributed by atoms with van der Waals surface area (Å²) in [4.78, 5) is 0. The Morgan fingerprint density at radius 1 is 0.452 bits per heavy atom. The van der Waals surface area contributed by atoms with E-state index in [1.165, 1.54) is 0 Å². The Bertz CT molecular complexity index is 2590. The zero-order valence-corrected chi connectivity index (χ0v) is 29.5. The zero-order chi connectivity index (χ0) is 46.6. The highest BCUT2D eigenvalue weighted by molar-refractivity contribution is 7.20. The molecular weight excluding hydrogens is 893 g/mol. The second-order valence-electron chi connectivity index (χ2n) is 12.5. The van der Waals surface area contributed by atoms with E-state index in [4.69, 9.17) is 14.9 Å². The van der Waals surface area contributed by atoms with Crippen LogP contribution in [0.2, 0.25) is 0 Å². The minimum atomic E-state index is -7.22. The molecule has 1 aromatic heterocycles. The lowest BCUT2D eigenvalue weighted by molar-refractivity contribution is -0.667. The fourth-order valence-electron chi connectivity index (χ4n) is 6.52. The molecule has 0 atom stereocenters. The molecule has 0 unspecified atom stereocenters. The number of aromatic nitrogens is 1. The second kappa shape index (κ2) is 16.8. The molecule has 25 heteroatoms. The monoisotopic (exact) mass is 903 g/mol. The van der Waals surface area contributed by atoms with Crippen LogP contribution in [0.5, 0.6) is 0 Å². The van der Waals surface area contributed by atoms with Gasteiger partial charge in [-0.25, -0.2) is 87.8 Å². The predicted octanol–water partition coefficient (Wildman–Crippen LogP) is 7.93. The van der Waals surface area contributed by atoms with Gasteiger partial charge in [-0.15, -0.1) is 21.9 Å². The number of nitrogens with zero attached hydrogens (tertiary/aromatic N) is 3. The maximum absolute atomic E-state index is 15.4.